The van der Waals surface area contributed by atoms with Gasteiger partial charge in [-0.25, -0.2) is 4.79 Å². The molecule has 0 aliphatic carbocycles. The summed E-state index contributed by atoms with van der Waals surface area (Å²) in [6.07, 6.45) is 0. The molecule has 0 amide bonds. The van der Waals surface area contributed by atoms with E-state index in [-0.39, 0.29) is 19.8 Å². The number of carbonyl (C=O) groups excluding carboxylic acids is 1. The van der Waals surface area contributed by atoms with Gasteiger partial charge in [0.15, 0.2) is 0 Å². The molecule has 0 radical (unpaired) electrons. The van der Waals surface area contributed by atoms with Crippen LogP contribution in [0.25, 0.3) is 0 Å². The highest BCUT2D eigenvalue weighted by atomic mass is 19.3. The number of alkyl halides is 2. The van der Waals surface area contributed by atoms with Gasteiger partial charge in [0.25, 0.3) is 0 Å². The largest absolute Gasteiger partial charge is 0.462 e. The minimum atomic E-state index is -3.51. The van der Waals surface area contributed by atoms with Gasteiger partial charge in [-0.05, 0) is 14.0 Å². The molecule has 4 nitrogen and oxygen atoms in total. The zero-order chi connectivity index (χ0) is 11.2. The molecule has 0 saturated carbocycles. The van der Waals surface area contributed by atoms with Gasteiger partial charge < -0.3 is 9.84 Å². The Hall–Kier alpha value is -0.750. The molecule has 0 aliphatic heterocycles. The van der Waals surface area contributed by atoms with Crippen LogP contribution >= 0.6 is 0 Å². The van der Waals surface area contributed by atoms with E-state index in [2.05, 4.69) is 4.74 Å². The fourth-order valence-corrected chi connectivity index (χ4v) is 0.890. The first-order valence-electron chi connectivity index (χ1n) is 4.28. The summed E-state index contributed by atoms with van der Waals surface area (Å²) in [6.45, 7) is 0.514. The lowest BCUT2D eigenvalue weighted by Crippen LogP contribution is -2.42. The molecule has 6 heteroatoms. The maximum Gasteiger partial charge on any atom is 0.378 e. The molecule has 0 saturated heterocycles. The molecule has 14 heavy (non-hydrogen) atoms. The average Bonchev–Trinajstić information content (AvgIpc) is 2.03. The molecule has 0 heterocycles. The number of carbonyl (C=O) groups is 1. The molecule has 1 N–H and O–H groups in total. The fraction of sp³-hybridized carbons (Fsp3) is 0.875. The van der Waals surface area contributed by atoms with Gasteiger partial charge in [0.05, 0.1) is 19.8 Å². The second-order valence-electron chi connectivity index (χ2n) is 2.89. The standard InChI is InChI=1S/C8H15F2NO3/c1-3-14-7(13)8(9,10)6-11(2)4-5-12/h12H,3-6H2,1-2H3. The molecule has 0 rings (SSSR count). The normalized spacial score (nSPS) is 11.9. The number of hydrogen-bond donors (Lipinski definition) is 1. The highest BCUT2D eigenvalue weighted by Crippen LogP contribution is 2.16. The Morgan fingerprint density at radius 2 is 2.14 bits per heavy atom. The maximum atomic E-state index is 13.0. The van der Waals surface area contributed by atoms with Crippen molar-refractivity contribution in [1.82, 2.24) is 4.90 Å². The van der Waals surface area contributed by atoms with E-state index in [9.17, 15) is 13.6 Å². The molecule has 0 unspecified atom stereocenters. The Bertz CT molecular complexity index is 187. The molecule has 0 fully saturated rings. The molecule has 0 bridgehead atoms. The second-order valence-corrected chi connectivity index (χ2v) is 2.89. The third kappa shape index (κ3) is 4.48. The highest BCUT2D eigenvalue weighted by Gasteiger charge is 2.41. The van der Waals surface area contributed by atoms with E-state index in [0.717, 1.165) is 4.90 Å². The summed E-state index contributed by atoms with van der Waals surface area (Å²) < 4.78 is 30.2. The smallest absolute Gasteiger partial charge is 0.378 e. The van der Waals surface area contributed by atoms with Crippen molar-refractivity contribution in [2.75, 3.05) is 33.4 Å². The Morgan fingerprint density at radius 3 is 2.57 bits per heavy atom. The Labute approximate surface area is 81.5 Å². The van der Waals surface area contributed by atoms with Crippen LogP contribution in [0.5, 0.6) is 0 Å². The van der Waals surface area contributed by atoms with E-state index in [0.29, 0.717) is 0 Å². The van der Waals surface area contributed by atoms with Crippen molar-refractivity contribution in [1.29, 1.82) is 0 Å². The zero-order valence-electron chi connectivity index (χ0n) is 8.30. The number of ether oxygens (including phenoxy) is 1. The number of halogens is 2. The number of esters is 1. The first-order chi connectivity index (χ1) is 6.44. The van der Waals surface area contributed by atoms with E-state index in [1.807, 2.05) is 0 Å². The quantitative estimate of drug-likeness (QED) is 0.633. The molecular weight excluding hydrogens is 196 g/mol. The third-order valence-corrected chi connectivity index (χ3v) is 1.52. The first kappa shape index (κ1) is 13.2. The van der Waals surface area contributed by atoms with E-state index in [4.69, 9.17) is 5.11 Å². The van der Waals surface area contributed by atoms with Crippen molar-refractivity contribution in [2.45, 2.75) is 12.8 Å². The summed E-state index contributed by atoms with van der Waals surface area (Å²) in [7, 11) is 1.39. The molecule has 0 aliphatic rings. The third-order valence-electron chi connectivity index (χ3n) is 1.52. The summed E-state index contributed by atoms with van der Waals surface area (Å²) in [5.41, 5.74) is 0. The van der Waals surface area contributed by atoms with E-state index >= 15 is 0 Å². The van der Waals surface area contributed by atoms with Crippen molar-refractivity contribution in [3.8, 4) is 0 Å². The van der Waals surface area contributed by atoms with Crippen molar-refractivity contribution < 1.29 is 23.4 Å². The van der Waals surface area contributed by atoms with E-state index < -0.39 is 18.4 Å². The first-order valence-corrected chi connectivity index (χ1v) is 4.28. The van der Waals surface area contributed by atoms with Gasteiger partial charge in [-0.2, -0.15) is 8.78 Å². The Kier molecular flexibility index (Phi) is 5.56. The van der Waals surface area contributed by atoms with Crippen LogP contribution in [0.15, 0.2) is 0 Å². The van der Waals surface area contributed by atoms with E-state index in [1.165, 1.54) is 14.0 Å². The summed E-state index contributed by atoms with van der Waals surface area (Å²) >= 11 is 0. The van der Waals surface area contributed by atoms with Crippen molar-refractivity contribution >= 4 is 5.97 Å². The molecule has 0 aromatic heterocycles. The number of rotatable bonds is 6. The Balaban J connectivity index is 4.10. The van der Waals surface area contributed by atoms with Crippen LogP contribution in [-0.2, 0) is 9.53 Å². The molecule has 0 atom stereocenters. The number of aliphatic hydroxyl groups excluding tert-OH is 1. The SMILES string of the molecule is CCOC(=O)C(F)(F)CN(C)CCO. The van der Waals surface area contributed by atoms with Crippen LogP contribution in [0, 0.1) is 0 Å². The van der Waals surface area contributed by atoms with Crippen LogP contribution < -0.4 is 0 Å². The average molecular weight is 211 g/mol. The molecule has 0 aromatic carbocycles. The zero-order valence-corrected chi connectivity index (χ0v) is 8.30. The molecule has 0 spiro atoms. The number of aliphatic hydroxyl groups is 1. The molecule has 84 valence electrons. The lowest BCUT2D eigenvalue weighted by molar-refractivity contribution is -0.173. The highest BCUT2D eigenvalue weighted by molar-refractivity contribution is 5.77. The molecular formula is C8H15F2NO3. The van der Waals surface area contributed by atoms with Crippen LogP contribution in [0.1, 0.15) is 6.92 Å². The minimum absolute atomic E-state index is 0.0713. The van der Waals surface area contributed by atoms with Crippen LogP contribution in [-0.4, -0.2) is 55.2 Å². The van der Waals surface area contributed by atoms with Crippen LogP contribution in [0.4, 0.5) is 8.78 Å². The lowest BCUT2D eigenvalue weighted by Gasteiger charge is -2.21. The van der Waals surface area contributed by atoms with E-state index in [1.54, 1.807) is 0 Å². The number of hydrogen-bond acceptors (Lipinski definition) is 4. The van der Waals surface area contributed by atoms with Gasteiger partial charge in [-0.15, -0.1) is 0 Å². The fourth-order valence-electron chi connectivity index (χ4n) is 0.890. The lowest BCUT2D eigenvalue weighted by atomic mass is 10.3. The van der Waals surface area contributed by atoms with Gasteiger partial charge in [0.1, 0.15) is 0 Å². The predicted octanol–water partition coefficient (Wildman–Crippen LogP) is 0.109. The van der Waals surface area contributed by atoms with Crippen LogP contribution in [0.3, 0.4) is 0 Å². The minimum Gasteiger partial charge on any atom is -0.462 e. The maximum absolute atomic E-state index is 13.0. The number of nitrogens with zero attached hydrogens (tertiary/aromatic N) is 1. The topological polar surface area (TPSA) is 49.8 Å². The van der Waals surface area contributed by atoms with Gasteiger partial charge in [-0.3, -0.25) is 4.90 Å². The van der Waals surface area contributed by atoms with Crippen molar-refractivity contribution in [2.24, 2.45) is 0 Å². The van der Waals surface area contributed by atoms with Gasteiger partial charge in [0.2, 0.25) is 0 Å². The Morgan fingerprint density at radius 1 is 1.57 bits per heavy atom. The predicted molar refractivity (Wildman–Crippen MR) is 46.2 cm³/mol. The summed E-state index contributed by atoms with van der Waals surface area (Å²) in [5.74, 6) is -5.04. The van der Waals surface area contributed by atoms with Gasteiger partial charge >= 0.3 is 11.9 Å². The molecule has 0 aromatic rings. The second kappa shape index (κ2) is 5.87. The summed E-state index contributed by atoms with van der Waals surface area (Å²) in [6, 6.07) is 0. The summed E-state index contributed by atoms with van der Waals surface area (Å²) in [4.78, 5) is 11.9. The van der Waals surface area contributed by atoms with Crippen molar-refractivity contribution in [3.05, 3.63) is 0 Å². The van der Waals surface area contributed by atoms with Gasteiger partial charge in [0, 0.05) is 6.54 Å². The number of likely N-dealkylation sites (N-methyl/N-ethyl adjacent to an activating group) is 1. The van der Waals surface area contributed by atoms with Crippen LogP contribution in [0.2, 0.25) is 0 Å². The van der Waals surface area contributed by atoms with Gasteiger partial charge in [-0.1, -0.05) is 0 Å². The monoisotopic (exact) mass is 211 g/mol. The summed E-state index contributed by atoms with van der Waals surface area (Å²) in [5, 5.41) is 8.47. The van der Waals surface area contributed by atoms with Crippen molar-refractivity contribution in [3.63, 3.8) is 0 Å².